The Hall–Kier alpha value is -3.04. The van der Waals surface area contributed by atoms with Crippen LogP contribution in [0.5, 0.6) is 5.75 Å². The Morgan fingerprint density at radius 3 is 2.16 bits per heavy atom. The zero-order valence-corrected chi connectivity index (χ0v) is 17.2. The quantitative estimate of drug-likeness (QED) is 0.257. The number of halogens is 6. The smallest absolute Gasteiger partial charge is 0.426 e. The van der Waals surface area contributed by atoms with Gasteiger partial charge in [-0.15, -0.1) is 0 Å². The fourth-order valence-corrected chi connectivity index (χ4v) is 2.02. The van der Waals surface area contributed by atoms with E-state index < -0.39 is 23.9 Å². The molecule has 0 aliphatic rings. The van der Waals surface area contributed by atoms with Gasteiger partial charge in [-0.05, 0) is 43.7 Å². The Kier molecular flexibility index (Phi) is 9.54. The van der Waals surface area contributed by atoms with Gasteiger partial charge in [0.25, 0.3) is 0 Å². The van der Waals surface area contributed by atoms with Gasteiger partial charge >= 0.3 is 12.3 Å². The topological polar surface area (TPSA) is 60.0 Å². The Labute approximate surface area is 176 Å². The summed E-state index contributed by atoms with van der Waals surface area (Å²) in [5.41, 5.74) is 6.91. The second-order valence-corrected chi connectivity index (χ2v) is 6.31. The molecule has 0 aliphatic heterocycles. The Bertz CT molecular complexity index is 893. The molecule has 0 aliphatic carbocycles. The van der Waals surface area contributed by atoms with Gasteiger partial charge in [0.05, 0.1) is 5.69 Å². The van der Waals surface area contributed by atoms with E-state index in [4.69, 9.17) is 5.73 Å². The first-order valence-electron chi connectivity index (χ1n) is 9.16. The lowest BCUT2D eigenvalue weighted by atomic mass is 10.2. The number of anilines is 1. The fourth-order valence-electron chi connectivity index (χ4n) is 2.02. The summed E-state index contributed by atoms with van der Waals surface area (Å²) in [5.74, 6) is -0.445. The number of aryl methyl sites for hydroxylation is 1. The number of benzene rings is 2. The minimum Gasteiger partial charge on any atom is -0.426 e. The first kappa shape index (κ1) is 26.0. The maximum Gasteiger partial charge on any atom is 0.499 e. The van der Waals surface area contributed by atoms with Crippen molar-refractivity contribution < 1.29 is 31.1 Å². The third kappa shape index (κ3) is 8.31. The number of nitrogen functional groups attached to an aromatic ring is 1. The second-order valence-electron chi connectivity index (χ2n) is 6.31. The van der Waals surface area contributed by atoms with Crippen LogP contribution in [0.3, 0.4) is 0 Å². The lowest BCUT2D eigenvalue weighted by Gasteiger charge is -2.20. The number of nitrogens with zero attached hydrogens (tertiary/aromatic N) is 2. The van der Waals surface area contributed by atoms with E-state index in [9.17, 15) is 26.3 Å². The van der Waals surface area contributed by atoms with Crippen molar-refractivity contribution in [2.24, 2.45) is 9.98 Å². The lowest BCUT2D eigenvalue weighted by molar-refractivity contribution is -0.360. The first-order valence-corrected chi connectivity index (χ1v) is 9.16. The molecular formula is C21H23F6N3O. The van der Waals surface area contributed by atoms with Gasteiger partial charge in [0.2, 0.25) is 0 Å². The summed E-state index contributed by atoms with van der Waals surface area (Å²) in [6.45, 7) is 3.74. The van der Waals surface area contributed by atoms with Crippen LogP contribution in [0.1, 0.15) is 30.9 Å². The second kappa shape index (κ2) is 11.4. The molecule has 0 heterocycles. The lowest BCUT2D eigenvalue weighted by Crippen LogP contribution is -2.41. The van der Waals surface area contributed by atoms with Gasteiger partial charge < -0.3 is 10.5 Å². The van der Waals surface area contributed by atoms with Gasteiger partial charge in [-0.3, -0.25) is 4.99 Å². The zero-order chi connectivity index (χ0) is 23.7. The van der Waals surface area contributed by atoms with Crippen LogP contribution in [0.2, 0.25) is 0 Å². The number of unbranched alkanes of at least 4 members (excludes halogenated alkanes) is 1. The number of hydrogen-bond acceptors (Lipinski definition) is 3. The van der Waals surface area contributed by atoms with Crippen molar-refractivity contribution in [2.75, 3.05) is 12.8 Å². The SMILES string of the molecule is CCCC=NC(=NC)c1ccc(N)c(F)c1.Cc1ccc(OC(F)(F)C(F)(F)F)cc1. The summed E-state index contributed by atoms with van der Waals surface area (Å²) in [6.07, 6.45) is -7.18. The van der Waals surface area contributed by atoms with Crippen LogP contribution in [-0.4, -0.2) is 31.4 Å². The molecule has 0 aromatic heterocycles. The van der Waals surface area contributed by atoms with Crippen molar-refractivity contribution in [3.63, 3.8) is 0 Å². The molecule has 0 fully saturated rings. The van der Waals surface area contributed by atoms with E-state index in [-0.39, 0.29) is 5.69 Å². The number of alkyl halides is 5. The molecule has 0 saturated heterocycles. The van der Waals surface area contributed by atoms with Gasteiger partial charge in [0.1, 0.15) is 11.6 Å². The number of nitrogens with two attached hydrogens (primary N) is 1. The van der Waals surface area contributed by atoms with Crippen LogP contribution in [0.15, 0.2) is 52.4 Å². The molecule has 0 bridgehead atoms. The molecule has 31 heavy (non-hydrogen) atoms. The Morgan fingerprint density at radius 1 is 1.06 bits per heavy atom. The average molecular weight is 447 g/mol. The van der Waals surface area contributed by atoms with Gasteiger partial charge in [-0.25, -0.2) is 9.38 Å². The maximum atomic E-state index is 13.2. The maximum absolute atomic E-state index is 13.2. The van der Waals surface area contributed by atoms with Crippen molar-refractivity contribution in [3.8, 4) is 5.75 Å². The molecule has 0 unspecified atom stereocenters. The van der Waals surface area contributed by atoms with Crippen LogP contribution in [0.4, 0.5) is 32.0 Å². The van der Waals surface area contributed by atoms with Crippen molar-refractivity contribution >= 4 is 17.7 Å². The monoisotopic (exact) mass is 447 g/mol. The highest BCUT2D eigenvalue weighted by Crippen LogP contribution is 2.37. The van der Waals surface area contributed by atoms with E-state index in [0.717, 1.165) is 30.5 Å². The van der Waals surface area contributed by atoms with Crippen molar-refractivity contribution in [2.45, 2.75) is 39.0 Å². The fraction of sp³-hybridized carbons (Fsp3) is 0.333. The van der Waals surface area contributed by atoms with Crippen LogP contribution in [0, 0.1) is 12.7 Å². The van der Waals surface area contributed by atoms with Gasteiger partial charge in [-0.1, -0.05) is 31.0 Å². The molecule has 2 rings (SSSR count). The Morgan fingerprint density at radius 2 is 1.68 bits per heavy atom. The van der Waals surface area contributed by atoms with Gasteiger partial charge in [0, 0.05) is 18.8 Å². The Balaban J connectivity index is 0.000000311. The van der Waals surface area contributed by atoms with Crippen LogP contribution >= 0.6 is 0 Å². The standard InChI is InChI=1S/C12H16FN3.C9H7F5O/c1-3-4-7-16-12(15-2)9-5-6-11(14)10(13)8-9;1-6-2-4-7(5-3-6)15-9(13,14)8(10,11)12/h5-8H,3-4,14H2,1-2H3;2-5H,1H3. The van der Waals surface area contributed by atoms with Gasteiger partial charge in [0.15, 0.2) is 5.84 Å². The summed E-state index contributed by atoms with van der Waals surface area (Å²) >= 11 is 0. The predicted molar refractivity (Wildman–Crippen MR) is 109 cm³/mol. The normalized spacial score (nSPS) is 12.5. The van der Waals surface area contributed by atoms with Crippen LogP contribution < -0.4 is 10.5 Å². The number of aliphatic imine (C=N–C) groups is 2. The molecule has 2 N–H and O–H groups in total. The third-order valence-corrected chi connectivity index (χ3v) is 3.70. The summed E-state index contributed by atoms with van der Waals surface area (Å²) in [7, 11) is 1.63. The summed E-state index contributed by atoms with van der Waals surface area (Å²) in [5, 5.41) is 0. The minimum absolute atomic E-state index is 0.136. The number of hydrogen-bond donors (Lipinski definition) is 1. The van der Waals surface area contributed by atoms with E-state index in [0.29, 0.717) is 11.4 Å². The minimum atomic E-state index is -5.71. The van der Waals surface area contributed by atoms with E-state index >= 15 is 0 Å². The highest BCUT2D eigenvalue weighted by Gasteiger charge is 2.61. The number of rotatable bonds is 5. The highest BCUT2D eigenvalue weighted by molar-refractivity contribution is 6.03. The molecule has 10 heteroatoms. The highest BCUT2D eigenvalue weighted by atomic mass is 19.4. The zero-order valence-electron chi connectivity index (χ0n) is 17.2. The van der Waals surface area contributed by atoms with E-state index in [1.165, 1.54) is 24.3 Å². The van der Waals surface area contributed by atoms with E-state index in [1.54, 1.807) is 26.3 Å². The average Bonchev–Trinajstić information content (AvgIpc) is 2.69. The molecule has 4 nitrogen and oxygen atoms in total. The first-order chi connectivity index (χ1) is 14.4. The molecule has 0 radical (unpaired) electrons. The molecule has 0 spiro atoms. The van der Waals surface area contributed by atoms with Crippen molar-refractivity contribution in [1.82, 2.24) is 0 Å². The summed E-state index contributed by atoms with van der Waals surface area (Å²) in [4.78, 5) is 8.20. The third-order valence-electron chi connectivity index (χ3n) is 3.70. The molecule has 0 saturated carbocycles. The molecule has 170 valence electrons. The van der Waals surface area contributed by atoms with E-state index in [2.05, 4.69) is 21.6 Å². The van der Waals surface area contributed by atoms with E-state index in [1.807, 2.05) is 0 Å². The molecule has 0 amide bonds. The number of ether oxygens (including phenoxy) is 1. The molecule has 2 aromatic carbocycles. The van der Waals surface area contributed by atoms with Crippen LogP contribution in [-0.2, 0) is 0 Å². The number of amidine groups is 1. The van der Waals surface area contributed by atoms with Crippen LogP contribution in [0.25, 0.3) is 0 Å². The van der Waals surface area contributed by atoms with Crippen molar-refractivity contribution in [1.29, 1.82) is 0 Å². The summed E-state index contributed by atoms with van der Waals surface area (Å²) in [6, 6.07) is 9.43. The molecule has 0 atom stereocenters. The molecular weight excluding hydrogens is 424 g/mol. The van der Waals surface area contributed by atoms with Gasteiger partial charge in [-0.2, -0.15) is 22.0 Å². The van der Waals surface area contributed by atoms with Crippen molar-refractivity contribution in [3.05, 3.63) is 59.4 Å². The summed E-state index contributed by atoms with van der Waals surface area (Å²) < 4.78 is 76.7. The molecule has 2 aromatic rings. The largest absolute Gasteiger partial charge is 0.499 e. The predicted octanol–water partition coefficient (Wildman–Crippen LogP) is 6.18.